The molecule has 2 rings (SSSR count). The fourth-order valence-corrected chi connectivity index (χ4v) is 2.70. The number of non-ortho nitro benzene ring substituents is 1. The van der Waals surface area contributed by atoms with Crippen molar-refractivity contribution in [2.45, 2.75) is 6.92 Å². The van der Waals surface area contributed by atoms with E-state index < -0.39 is 4.92 Å². The van der Waals surface area contributed by atoms with E-state index in [9.17, 15) is 15.4 Å². The Hall–Kier alpha value is -3.29. The SMILES string of the molecule is C#CCOc1cc(Br)c(/C=C(/C#N)c2ccc([N+](=O)[O-])cc2)cc1OCC. The van der Waals surface area contributed by atoms with Crippen LogP contribution in [-0.2, 0) is 0 Å². The van der Waals surface area contributed by atoms with Crippen molar-refractivity contribution in [3.8, 4) is 29.9 Å². The van der Waals surface area contributed by atoms with Gasteiger partial charge in [-0.05, 0) is 48.4 Å². The van der Waals surface area contributed by atoms with Crippen LogP contribution in [0.1, 0.15) is 18.1 Å². The highest BCUT2D eigenvalue weighted by Gasteiger charge is 2.12. The molecule has 0 unspecified atom stereocenters. The van der Waals surface area contributed by atoms with Gasteiger partial charge in [0.2, 0.25) is 0 Å². The molecule has 136 valence electrons. The summed E-state index contributed by atoms with van der Waals surface area (Å²) in [6.07, 6.45) is 6.90. The monoisotopic (exact) mass is 426 g/mol. The van der Waals surface area contributed by atoms with Crippen molar-refractivity contribution >= 4 is 33.3 Å². The Balaban J connectivity index is 2.45. The fourth-order valence-electron chi connectivity index (χ4n) is 2.26. The van der Waals surface area contributed by atoms with E-state index >= 15 is 0 Å². The van der Waals surface area contributed by atoms with Gasteiger partial charge in [-0.3, -0.25) is 10.1 Å². The minimum atomic E-state index is -0.487. The number of nitrogens with zero attached hydrogens (tertiary/aromatic N) is 2. The molecule has 0 aliphatic heterocycles. The maximum atomic E-state index is 10.8. The number of rotatable bonds is 7. The fraction of sp³-hybridized carbons (Fsp3) is 0.150. The van der Waals surface area contributed by atoms with Crippen LogP contribution in [0.5, 0.6) is 11.5 Å². The van der Waals surface area contributed by atoms with Crippen molar-refractivity contribution < 1.29 is 14.4 Å². The average molecular weight is 427 g/mol. The number of nitriles is 1. The number of terminal acetylenes is 1. The van der Waals surface area contributed by atoms with Crippen LogP contribution >= 0.6 is 15.9 Å². The van der Waals surface area contributed by atoms with E-state index in [1.165, 1.54) is 24.3 Å². The molecule has 0 aliphatic carbocycles. The van der Waals surface area contributed by atoms with Crippen LogP contribution in [0.3, 0.4) is 0 Å². The van der Waals surface area contributed by atoms with E-state index in [1.807, 2.05) is 6.92 Å². The molecule has 0 fully saturated rings. The largest absolute Gasteiger partial charge is 0.490 e. The Morgan fingerprint density at radius 3 is 2.52 bits per heavy atom. The minimum Gasteiger partial charge on any atom is -0.490 e. The van der Waals surface area contributed by atoms with E-state index in [1.54, 1.807) is 18.2 Å². The van der Waals surface area contributed by atoms with Gasteiger partial charge in [0.15, 0.2) is 11.5 Å². The first-order valence-corrected chi connectivity index (χ1v) is 8.68. The van der Waals surface area contributed by atoms with Crippen LogP contribution in [0.4, 0.5) is 5.69 Å². The topological polar surface area (TPSA) is 85.4 Å². The Morgan fingerprint density at radius 1 is 1.30 bits per heavy atom. The number of hydrogen-bond acceptors (Lipinski definition) is 5. The summed E-state index contributed by atoms with van der Waals surface area (Å²) in [7, 11) is 0. The van der Waals surface area contributed by atoms with E-state index in [4.69, 9.17) is 15.9 Å². The van der Waals surface area contributed by atoms with Crippen LogP contribution in [0.2, 0.25) is 0 Å². The predicted octanol–water partition coefficient (Wildman–Crippen LogP) is 4.83. The quantitative estimate of drug-likeness (QED) is 0.208. The van der Waals surface area contributed by atoms with Crippen LogP contribution in [0.15, 0.2) is 40.9 Å². The zero-order valence-corrected chi connectivity index (χ0v) is 16.0. The van der Waals surface area contributed by atoms with Crippen molar-refractivity contribution in [2.75, 3.05) is 13.2 Å². The highest BCUT2D eigenvalue weighted by Crippen LogP contribution is 2.35. The van der Waals surface area contributed by atoms with Crippen molar-refractivity contribution in [1.82, 2.24) is 0 Å². The molecular formula is C20H15BrN2O4. The van der Waals surface area contributed by atoms with Crippen molar-refractivity contribution in [2.24, 2.45) is 0 Å². The molecule has 0 atom stereocenters. The first kappa shape index (κ1) is 20.0. The summed E-state index contributed by atoms with van der Waals surface area (Å²) in [5, 5.41) is 20.3. The summed E-state index contributed by atoms with van der Waals surface area (Å²) in [5.41, 5.74) is 1.58. The van der Waals surface area contributed by atoms with Gasteiger partial charge < -0.3 is 9.47 Å². The molecule has 2 aromatic rings. The molecule has 0 aliphatic rings. The summed E-state index contributed by atoms with van der Waals surface area (Å²) < 4.78 is 11.8. The smallest absolute Gasteiger partial charge is 0.269 e. The van der Waals surface area contributed by atoms with E-state index in [0.29, 0.717) is 39.3 Å². The van der Waals surface area contributed by atoms with Gasteiger partial charge in [-0.2, -0.15) is 5.26 Å². The molecule has 0 N–H and O–H groups in total. The Kier molecular flexibility index (Phi) is 6.99. The zero-order chi connectivity index (χ0) is 19.8. The average Bonchev–Trinajstić information content (AvgIpc) is 2.67. The van der Waals surface area contributed by atoms with Gasteiger partial charge in [0.25, 0.3) is 5.69 Å². The van der Waals surface area contributed by atoms with Gasteiger partial charge in [-0.25, -0.2) is 0 Å². The first-order chi connectivity index (χ1) is 13.0. The maximum absolute atomic E-state index is 10.8. The number of benzene rings is 2. The predicted molar refractivity (Wildman–Crippen MR) is 106 cm³/mol. The molecule has 0 saturated heterocycles. The molecule has 0 heterocycles. The van der Waals surface area contributed by atoms with E-state index in [0.717, 1.165) is 0 Å². The second-order valence-electron chi connectivity index (χ2n) is 5.22. The Bertz CT molecular complexity index is 954. The van der Waals surface area contributed by atoms with Crippen LogP contribution < -0.4 is 9.47 Å². The number of halogens is 1. The summed E-state index contributed by atoms with van der Waals surface area (Å²) in [6.45, 7) is 2.39. The molecule has 6 nitrogen and oxygen atoms in total. The summed E-state index contributed by atoms with van der Waals surface area (Å²) in [5.74, 6) is 3.40. The molecule has 27 heavy (non-hydrogen) atoms. The molecule has 0 aromatic heterocycles. The van der Waals surface area contributed by atoms with Crippen molar-refractivity contribution in [1.29, 1.82) is 5.26 Å². The lowest BCUT2D eigenvalue weighted by molar-refractivity contribution is -0.384. The van der Waals surface area contributed by atoms with Gasteiger partial charge in [-0.1, -0.05) is 21.9 Å². The summed E-state index contributed by atoms with van der Waals surface area (Å²) in [6, 6.07) is 11.4. The highest BCUT2D eigenvalue weighted by atomic mass is 79.9. The number of hydrogen-bond donors (Lipinski definition) is 0. The Morgan fingerprint density at radius 2 is 1.96 bits per heavy atom. The lowest BCUT2D eigenvalue weighted by Crippen LogP contribution is -2.00. The Labute approximate surface area is 165 Å². The van der Waals surface area contributed by atoms with Crippen molar-refractivity contribution in [3.63, 3.8) is 0 Å². The van der Waals surface area contributed by atoms with E-state index in [-0.39, 0.29) is 12.3 Å². The molecule has 0 bridgehead atoms. The van der Waals surface area contributed by atoms with Gasteiger partial charge in [0.05, 0.1) is 23.2 Å². The third-order valence-corrected chi connectivity index (χ3v) is 4.17. The van der Waals surface area contributed by atoms with Gasteiger partial charge in [-0.15, -0.1) is 6.42 Å². The first-order valence-electron chi connectivity index (χ1n) is 7.89. The highest BCUT2D eigenvalue weighted by molar-refractivity contribution is 9.10. The summed E-state index contributed by atoms with van der Waals surface area (Å²) in [4.78, 5) is 10.3. The van der Waals surface area contributed by atoms with Crippen molar-refractivity contribution in [3.05, 3.63) is 62.1 Å². The molecular weight excluding hydrogens is 412 g/mol. The number of nitro benzene ring substituents is 1. The number of nitro groups is 1. The van der Waals surface area contributed by atoms with Crippen LogP contribution in [0.25, 0.3) is 11.6 Å². The second-order valence-corrected chi connectivity index (χ2v) is 6.07. The third-order valence-electron chi connectivity index (χ3n) is 3.48. The zero-order valence-electron chi connectivity index (χ0n) is 14.4. The molecule has 0 radical (unpaired) electrons. The molecule has 0 amide bonds. The standard InChI is InChI=1S/C20H15BrN2O4/c1-3-9-27-20-12-18(21)15(11-19(20)26-4-2)10-16(13-22)14-5-7-17(8-6-14)23(24)25/h1,5-8,10-12H,4,9H2,2H3/b16-10-. The lowest BCUT2D eigenvalue weighted by atomic mass is 10.0. The second kappa shape index (κ2) is 9.42. The molecule has 7 heteroatoms. The number of allylic oxidation sites excluding steroid dienone is 1. The van der Waals surface area contributed by atoms with E-state index in [2.05, 4.69) is 27.9 Å². The lowest BCUT2D eigenvalue weighted by Gasteiger charge is -2.13. The molecule has 2 aromatic carbocycles. The van der Waals surface area contributed by atoms with Crippen LogP contribution in [0, 0.1) is 33.8 Å². The van der Waals surface area contributed by atoms with Gasteiger partial charge in [0.1, 0.15) is 6.61 Å². The maximum Gasteiger partial charge on any atom is 0.269 e. The van der Waals surface area contributed by atoms with Gasteiger partial charge >= 0.3 is 0 Å². The molecule has 0 saturated carbocycles. The van der Waals surface area contributed by atoms with Gasteiger partial charge in [0, 0.05) is 16.6 Å². The number of ether oxygens (including phenoxy) is 2. The normalized spacial score (nSPS) is 10.6. The molecule has 0 spiro atoms. The third kappa shape index (κ3) is 5.10. The summed E-state index contributed by atoms with van der Waals surface area (Å²) >= 11 is 3.45. The minimum absolute atomic E-state index is 0.0362. The van der Waals surface area contributed by atoms with Crippen LogP contribution in [-0.4, -0.2) is 18.1 Å².